The fraction of sp³-hybridized carbons (Fsp3) is 0.190. The summed E-state index contributed by atoms with van der Waals surface area (Å²) in [6.07, 6.45) is 7.18. The molecule has 0 unspecified atom stereocenters. The highest BCUT2D eigenvalue weighted by atomic mass is 32.2. The lowest BCUT2D eigenvalue weighted by atomic mass is 10.0. The lowest BCUT2D eigenvalue weighted by Gasteiger charge is -2.09. The van der Waals surface area contributed by atoms with E-state index in [1.807, 2.05) is 36.4 Å². The topological polar surface area (TPSA) is 87.8 Å². The van der Waals surface area contributed by atoms with Gasteiger partial charge in [-0.25, -0.2) is 4.98 Å². The Balaban J connectivity index is 1.94. The average Bonchev–Trinajstić information content (AvgIpc) is 3.09. The second kappa shape index (κ2) is 8.26. The van der Waals surface area contributed by atoms with Gasteiger partial charge in [-0.05, 0) is 47.9 Å². The summed E-state index contributed by atoms with van der Waals surface area (Å²) >= 11 is 0.293. The van der Waals surface area contributed by atoms with E-state index < -0.39 is 11.2 Å². The van der Waals surface area contributed by atoms with Crippen LogP contribution in [0.5, 0.6) is 0 Å². The molecule has 0 spiro atoms. The van der Waals surface area contributed by atoms with Crippen molar-refractivity contribution in [2.75, 3.05) is 11.5 Å². The highest BCUT2D eigenvalue weighted by Crippen LogP contribution is 2.43. The minimum absolute atomic E-state index is 0.556. The van der Waals surface area contributed by atoms with Gasteiger partial charge in [-0.15, -0.1) is 0 Å². The van der Waals surface area contributed by atoms with E-state index in [4.69, 9.17) is 10.7 Å². The van der Waals surface area contributed by atoms with Crippen molar-refractivity contribution in [2.45, 2.75) is 24.0 Å². The molecular formula is C21H20N4OS2. The molecule has 0 radical (unpaired) electrons. The molecule has 4 rings (SSSR count). The van der Waals surface area contributed by atoms with E-state index in [2.05, 4.69) is 16.9 Å². The van der Waals surface area contributed by atoms with E-state index in [1.165, 1.54) is 11.3 Å². The van der Waals surface area contributed by atoms with Crippen molar-refractivity contribution >= 4 is 38.4 Å². The van der Waals surface area contributed by atoms with Gasteiger partial charge >= 0.3 is 0 Å². The number of hydrogen-bond donors (Lipinski definition) is 1. The molecule has 0 saturated carbocycles. The number of unbranched alkanes of at least 4 members (excludes halogenated alkanes) is 1. The summed E-state index contributed by atoms with van der Waals surface area (Å²) in [5.41, 5.74) is 10.5. The molecule has 2 N–H and O–H groups in total. The van der Waals surface area contributed by atoms with Gasteiger partial charge in [0, 0.05) is 35.1 Å². The number of thiophene rings is 1. The van der Waals surface area contributed by atoms with E-state index in [0.717, 1.165) is 45.6 Å². The maximum Gasteiger partial charge on any atom is 0.232 e. The van der Waals surface area contributed by atoms with Crippen LogP contribution in [0.3, 0.4) is 0 Å². The molecule has 0 fully saturated rings. The first-order valence-electron chi connectivity index (χ1n) is 9.12. The molecule has 0 amide bonds. The van der Waals surface area contributed by atoms with Crippen LogP contribution in [0, 0.1) is 0 Å². The van der Waals surface area contributed by atoms with Crippen LogP contribution in [-0.4, -0.2) is 25.3 Å². The molecule has 1 atom stereocenters. The zero-order chi connectivity index (χ0) is 19.5. The van der Waals surface area contributed by atoms with Crippen LogP contribution in [0.2, 0.25) is 0 Å². The molecule has 0 saturated heterocycles. The average molecular weight is 409 g/mol. The van der Waals surface area contributed by atoms with Gasteiger partial charge in [-0.3, -0.25) is 9.97 Å². The first kappa shape index (κ1) is 18.9. The largest absolute Gasteiger partial charge is 0.611 e. The number of fused-ring (bicyclic) bond motifs is 1. The van der Waals surface area contributed by atoms with E-state index in [9.17, 15) is 4.55 Å². The zero-order valence-electron chi connectivity index (χ0n) is 15.5. The second-order valence-electron chi connectivity index (χ2n) is 6.40. The molecule has 142 valence electrons. The van der Waals surface area contributed by atoms with Crippen molar-refractivity contribution in [1.82, 2.24) is 15.0 Å². The van der Waals surface area contributed by atoms with Crippen molar-refractivity contribution < 1.29 is 4.55 Å². The number of aromatic nitrogens is 3. The van der Waals surface area contributed by atoms with Gasteiger partial charge in [-0.2, -0.15) is 0 Å². The van der Waals surface area contributed by atoms with Crippen molar-refractivity contribution in [3.63, 3.8) is 0 Å². The quantitative estimate of drug-likeness (QED) is 0.458. The molecule has 0 aromatic carbocycles. The fourth-order valence-corrected chi connectivity index (χ4v) is 5.82. The summed E-state index contributed by atoms with van der Waals surface area (Å²) in [7, 11) is 0. The third kappa shape index (κ3) is 3.61. The minimum atomic E-state index is -1.12. The molecule has 4 aromatic heterocycles. The molecule has 28 heavy (non-hydrogen) atoms. The Morgan fingerprint density at radius 2 is 2.04 bits per heavy atom. The van der Waals surface area contributed by atoms with Crippen molar-refractivity contribution in [2.24, 2.45) is 0 Å². The van der Waals surface area contributed by atoms with Crippen molar-refractivity contribution in [1.29, 1.82) is 0 Å². The second-order valence-corrected chi connectivity index (χ2v) is 9.16. The summed E-state index contributed by atoms with van der Waals surface area (Å²) in [5.74, 6) is 0.613. The Morgan fingerprint density at radius 3 is 2.75 bits per heavy atom. The monoisotopic (exact) mass is 408 g/mol. The van der Waals surface area contributed by atoms with Crippen LogP contribution in [-0.2, 0) is 11.2 Å². The maximum atomic E-state index is 12.8. The van der Waals surface area contributed by atoms with Crippen LogP contribution < -0.4 is 5.73 Å². The van der Waals surface area contributed by atoms with Crippen LogP contribution in [0.25, 0.3) is 32.7 Å². The summed E-state index contributed by atoms with van der Waals surface area (Å²) in [5, 5.41) is 0.830. The van der Waals surface area contributed by atoms with Gasteiger partial charge in [-0.1, -0.05) is 30.7 Å². The molecule has 4 aromatic rings. The highest BCUT2D eigenvalue weighted by molar-refractivity contribution is 7.93. The summed E-state index contributed by atoms with van der Waals surface area (Å²) in [4.78, 5) is 14.3. The lowest BCUT2D eigenvalue weighted by molar-refractivity contribution is 0.594. The smallest absolute Gasteiger partial charge is 0.232 e. The first-order chi connectivity index (χ1) is 13.7. The van der Waals surface area contributed by atoms with Crippen LogP contribution >= 0.6 is 11.3 Å². The molecule has 0 aliphatic heterocycles. The number of nitrogens with two attached hydrogens (primary N) is 1. The Hall–Kier alpha value is -2.48. The standard InChI is InChI=1S/C21H20N4OS2/c1-2-3-11-28(26)21-19(22)18-15(16-8-4-5-10-24-16)12-17(25-20(18)27-21)14-7-6-9-23-13-14/h4-10,12-13H,2-3,11,22H2,1H3/t28-/m1/s1. The Labute approximate surface area is 170 Å². The molecule has 0 bridgehead atoms. The third-order valence-corrected chi connectivity index (χ3v) is 7.45. The Morgan fingerprint density at radius 1 is 1.14 bits per heavy atom. The zero-order valence-corrected chi connectivity index (χ0v) is 17.1. The van der Waals surface area contributed by atoms with Gasteiger partial charge in [0.05, 0.1) is 11.4 Å². The number of nitrogen functional groups attached to an aromatic ring is 1. The SMILES string of the molecule is CCCC[S@@+]([O-])c1sc2nc(-c3cccnc3)cc(-c3ccccn3)c2c1N. The first-order valence-corrected chi connectivity index (χ1v) is 11.3. The molecule has 0 aliphatic rings. The van der Waals surface area contributed by atoms with Gasteiger partial charge in [0.25, 0.3) is 0 Å². The van der Waals surface area contributed by atoms with Crippen LogP contribution in [0.4, 0.5) is 5.69 Å². The van der Waals surface area contributed by atoms with E-state index in [-0.39, 0.29) is 0 Å². The summed E-state index contributed by atoms with van der Waals surface area (Å²) < 4.78 is 13.5. The number of rotatable bonds is 6. The number of nitrogens with zero attached hydrogens (tertiary/aromatic N) is 3. The van der Waals surface area contributed by atoms with Gasteiger partial charge in [0.15, 0.2) is 0 Å². The van der Waals surface area contributed by atoms with Crippen LogP contribution in [0.1, 0.15) is 19.8 Å². The molecule has 0 aliphatic carbocycles. The third-order valence-electron chi connectivity index (χ3n) is 4.45. The van der Waals surface area contributed by atoms with E-state index in [1.54, 1.807) is 18.6 Å². The Kier molecular flexibility index (Phi) is 5.57. The predicted octanol–water partition coefficient (Wildman–Crippen LogP) is 4.91. The normalized spacial score (nSPS) is 12.4. The van der Waals surface area contributed by atoms with E-state index >= 15 is 0 Å². The lowest BCUT2D eigenvalue weighted by Crippen LogP contribution is -2.06. The molecular weight excluding hydrogens is 388 g/mol. The maximum absolute atomic E-state index is 12.8. The summed E-state index contributed by atoms with van der Waals surface area (Å²) in [6, 6.07) is 11.6. The van der Waals surface area contributed by atoms with Gasteiger partial charge in [0.2, 0.25) is 4.21 Å². The van der Waals surface area contributed by atoms with Crippen molar-refractivity contribution in [3.05, 3.63) is 55.0 Å². The minimum Gasteiger partial charge on any atom is -0.611 e. The predicted molar refractivity (Wildman–Crippen MR) is 117 cm³/mol. The summed E-state index contributed by atoms with van der Waals surface area (Å²) in [6.45, 7) is 2.09. The number of pyridine rings is 3. The van der Waals surface area contributed by atoms with Gasteiger partial charge < -0.3 is 10.3 Å². The molecule has 7 heteroatoms. The van der Waals surface area contributed by atoms with Gasteiger partial charge in [0.1, 0.15) is 16.3 Å². The number of anilines is 1. The van der Waals surface area contributed by atoms with E-state index in [0.29, 0.717) is 15.6 Å². The Bertz CT molecular complexity index is 1080. The molecule has 4 heterocycles. The molecule has 5 nitrogen and oxygen atoms in total. The highest BCUT2D eigenvalue weighted by Gasteiger charge is 2.24. The fourth-order valence-electron chi connectivity index (χ4n) is 3.02. The number of hydrogen-bond acceptors (Lipinski definition) is 6. The van der Waals surface area contributed by atoms with Crippen molar-refractivity contribution in [3.8, 4) is 22.5 Å². The van der Waals surface area contributed by atoms with Crippen LogP contribution in [0.15, 0.2) is 59.2 Å².